The van der Waals surface area contributed by atoms with Crippen LogP contribution in [0.5, 0.6) is 0 Å². The first-order valence-corrected chi connectivity index (χ1v) is 7.98. The minimum Gasteiger partial charge on any atom is -0.545 e. The number of aliphatic carboxylic acids is 1. The van der Waals surface area contributed by atoms with E-state index in [1.165, 1.54) is 13.8 Å². The molecule has 0 unspecified atom stereocenters. The van der Waals surface area contributed by atoms with Gasteiger partial charge < -0.3 is 19.1 Å². The van der Waals surface area contributed by atoms with Crippen LogP contribution in [0.3, 0.4) is 0 Å². The standard InChI is InChI=1S/C10H11F3O4.C5H13NO2P/c1-6(8(14)15)3-4-7(2)9(16)17-5-10(11,12)13;1-6(2,3)4-5-8-9-7/h3-4H,5H2,1-2H3,(H,14,15);4-5H2,1-3H3/q;+1/p-1. The van der Waals surface area contributed by atoms with Gasteiger partial charge in [-0.1, -0.05) is 12.2 Å². The molecule has 26 heavy (non-hydrogen) atoms. The van der Waals surface area contributed by atoms with Gasteiger partial charge in [-0.2, -0.15) is 13.2 Å². The van der Waals surface area contributed by atoms with E-state index in [9.17, 15) is 32.4 Å². The Morgan fingerprint density at radius 1 is 1.12 bits per heavy atom. The van der Waals surface area contributed by atoms with Crippen molar-refractivity contribution in [2.45, 2.75) is 20.0 Å². The number of carboxylic acid groups (broad SMARTS) is 1. The first kappa shape index (κ1) is 26.5. The van der Waals surface area contributed by atoms with Gasteiger partial charge in [0, 0.05) is 5.57 Å². The van der Waals surface area contributed by atoms with E-state index in [0.717, 1.165) is 23.2 Å². The van der Waals surface area contributed by atoms with E-state index in [0.29, 0.717) is 6.61 Å². The largest absolute Gasteiger partial charge is 0.545 e. The molecule has 0 bridgehead atoms. The number of carboxylic acids is 1. The van der Waals surface area contributed by atoms with Crippen LogP contribution in [0.1, 0.15) is 13.8 Å². The maximum atomic E-state index is 11.7. The van der Waals surface area contributed by atoms with E-state index in [4.69, 9.17) is 0 Å². The molecule has 0 amide bonds. The molecule has 0 aliphatic heterocycles. The molecule has 0 saturated carbocycles. The summed E-state index contributed by atoms with van der Waals surface area (Å²) in [4.78, 5) is 21.3. The van der Waals surface area contributed by atoms with Crippen LogP contribution in [-0.2, 0) is 23.4 Å². The van der Waals surface area contributed by atoms with Gasteiger partial charge in [0.05, 0.1) is 27.1 Å². The van der Waals surface area contributed by atoms with Crippen LogP contribution >= 0.6 is 8.69 Å². The second kappa shape index (κ2) is 12.6. The predicted molar refractivity (Wildman–Crippen MR) is 86.0 cm³/mol. The summed E-state index contributed by atoms with van der Waals surface area (Å²) in [7, 11) is 5.96. The Morgan fingerprint density at radius 2 is 1.62 bits per heavy atom. The van der Waals surface area contributed by atoms with Crippen LogP contribution in [0.2, 0.25) is 0 Å². The third-order valence-electron chi connectivity index (χ3n) is 2.50. The average Bonchev–Trinajstić information content (AvgIpc) is 2.48. The maximum absolute atomic E-state index is 11.7. The zero-order valence-corrected chi connectivity index (χ0v) is 16.1. The quantitative estimate of drug-likeness (QED) is 0.153. The Labute approximate surface area is 151 Å². The number of rotatable bonds is 8. The number of quaternary nitrogens is 1. The highest BCUT2D eigenvalue weighted by molar-refractivity contribution is 7.17. The second-order valence-corrected chi connectivity index (χ2v) is 6.51. The Morgan fingerprint density at radius 3 is 2.00 bits per heavy atom. The number of nitrogens with zero attached hydrogens (tertiary/aromatic N) is 1. The SMILES string of the molecule is CC(=CC=C(C)C(=O)OCC(F)(F)F)C(=O)[O-].C[N+](C)(C)CCOP=O. The van der Waals surface area contributed by atoms with Crippen LogP contribution in [0.15, 0.2) is 23.3 Å². The van der Waals surface area contributed by atoms with Crippen molar-refractivity contribution in [3.05, 3.63) is 23.3 Å². The van der Waals surface area contributed by atoms with Gasteiger partial charge in [0.15, 0.2) is 6.61 Å². The summed E-state index contributed by atoms with van der Waals surface area (Å²) in [6.07, 6.45) is -2.50. The smallest absolute Gasteiger partial charge is 0.422 e. The fourth-order valence-electron chi connectivity index (χ4n) is 0.999. The molecule has 0 radical (unpaired) electrons. The molecule has 0 aliphatic carbocycles. The maximum Gasteiger partial charge on any atom is 0.422 e. The highest BCUT2D eigenvalue weighted by atomic mass is 31.1. The van der Waals surface area contributed by atoms with Gasteiger partial charge >= 0.3 is 20.8 Å². The van der Waals surface area contributed by atoms with Gasteiger partial charge in [0.1, 0.15) is 13.2 Å². The van der Waals surface area contributed by atoms with E-state index in [1.807, 2.05) is 0 Å². The molecule has 150 valence electrons. The summed E-state index contributed by atoms with van der Waals surface area (Å²) in [6, 6.07) is 0. The van der Waals surface area contributed by atoms with Crippen LogP contribution < -0.4 is 5.11 Å². The highest BCUT2D eigenvalue weighted by Gasteiger charge is 2.29. The predicted octanol–water partition coefficient (Wildman–Crippen LogP) is 1.65. The van der Waals surface area contributed by atoms with Crippen LogP contribution in [0.25, 0.3) is 0 Å². The molecule has 11 heteroatoms. The van der Waals surface area contributed by atoms with E-state index in [-0.39, 0.29) is 19.8 Å². The Hall–Kier alpha value is -1.77. The minimum absolute atomic E-state index is 0.144. The van der Waals surface area contributed by atoms with Gasteiger partial charge in [-0.25, -0.2) is 9.36 Å². The number of carbonyl (C=O) groups is 2. The second-order valence-electron chi connectivity index (χ2n) is 6.10. The van der Waals surface area contributed by atoms with Crippen molar-refractivity contribution < 1.29 is 46.2 Å². The molecule has 0 aromatic carbocycles. The van der Waals surface area contributed by atoms with Gasteiger partial charge in [-0.15, -0.1) is 0 Å². The first-order valence-electron chi connectivity index (χ1n) is 7.25. The van der Waals surface area contributed by atoms with Gasteiger partial charge in [-0.05, 0) is 19.4 Å². The lowest BCUT2D eigenvalue weighted by Crippen LogP contribution is -2.37. The molecule has 0 rings (SSSR count). The van der Waals surface area contributed by atoms with Crippen molar-refractivity contribution >= 4 is 20.6 Å². The molecule has 0 aromatic rings. The summed E-state index contributed by atoms with van der Waals surface area (Å²) in [5, 5.41) is 10.3. The minimum atomic E-state index is -4.59. The van der Waals surface area contributed by atoms with E-state index >= 15 is 0 Å². The number of hydrogen-bond acceptors (Lipinski definition) is 6. The molecule has 0 saturated heterocycles. The fraction of sp³-hybridized carbons (Fsp3) is 0.600. The number of ether oxygens (including phenoxy) is 1. The molecular weight excluding hydrogens is 378 g/mol. The van der Waals surface area contributed by atoms with E-state index in [1.54, 1.807) is 0 Å². The normalized spacial score (nSPS) is 13.1. The van der Waals surface area contributed by atoms with Crippen LogP contribution in [0, 0.1) is 0 Å². The lowest BCUT2D eigenvalue weighted by atomic mass is 10.2. The number of hydrogen-bond donors (Lipinski definition) is 0. The number of carbonyl (C=O) groups excluding carboxylic acids is 2. The number of esters is 1. The van der Waals surface area contributed by atoms with Crippen molar-refractivity contribution in [2.24, 2.45) is 0 Å². The number of halogens is 3. The molecule has 0 aromatic heterocycles. The summed E-state index contributed by atoms with van der Waals surface area (Å²) in [5.74, 6) is -2.59. The molecular formula is C15H23F3NO6P. The monoisotopic (exact) mass is 401 g/mol. The van der Waals surface area contributed by atoms with E-state index in [2.05, 4.69) is 30.4 Å². The summed E-state index contributed by atoms with van der Waals surface area (Å²) in [6.45, 7) is 2.18. The summed E-state index contributed by atoms with van der Waals surface area (Å²) >= 11 is 0. The Bertz CT molecular complexity index is 538. The van der Waals surface area contributed by atoms with Crippen molar-refractivity contribution in [1.82, 2.24) is 0 Å². The van der Waals surface area contributed by atoms with Crippen molar-refractivity contribution in [3.8, 4) is 0 Å². The third kappa shape index (κ3) is 18.6. The molecule has 0 spiro atoms. The highest BCUT2D eigenvalue weighted by Crippen LogP contribution is 2.15. The summed E-state index contributed by atoms with van der Waals surface area (Å²) < 4.78 is 54.3. The number of allylic oxidation sites excluding steroid dienone is 2. The Balaban J connectivity index is 0. The summed E-state index contributed by atoms with van der Waals surface area (Å²) in [5.41, 5.74) is -0.303. The molecule has 0 heterocycles. The first-order chi connectivity index (χ1) is 11.7. The lowest BCUT2D eigenvalue weighted by molar-refractivity contribution is -0.870. The van der Waals surface area contributed by atoms with Gasteiger partial charge in [0.25, 0.3) is 0 Å². The average molecular weight is 401 g/mol. The van der Waals surface area contributed by atoms with Gasteiger partial charge in [-0.3, -0.25) is 4.52 Å². The topological polar surface area (TPSA) is 92.7 Å². The number of alkyl halides is 3. The fourth-order valence-corrected chi connectivity index (χ4v) is 1.16. The number of likely N-dealkylation sites (N-methyl/N-ethyl adjacent to an activating group) is 1. The zero-order valence-electron chi connectivity index (χ0n) is 15.3. The van der Waals surface area contributed by atoms with Crippen molar-refractivity contribution in [3.63, 3.8) is 0 Å². The van der Waals surface area contributed by atoms with Crippen molar-refractivity contribution in [1.29, 1.82) is 0 Å². The Kier molecular flexibility index (Phi) is 12.8. The lowest BCUT2D eigenvalue weighted by Gasteiger charge is -2.22. The molecule has 0 aliphatic rings. The molecule has 0 N–H and O–H groups in total. The van der Waals surface area contributed by atoms with Crippen LogP contribution in [0.4, 0.5) is 13.2 Å². The van der Waals surface area contributed by atoms with Crippen LogP contribution in [-0.4, -0.2) is 63.5 Å². The molecule has 0 atom stereocenters. The molecule has 7 nitrogen and oxygen atoms in total. The van der Waals surface area contributed by atoms with Gasteiger partial charge in [0.2, 0.25) is 0 Å². The third-order valence-corrected chi connectivity index (χ3v) is 2.79. The molecule has 0 fully saturated rings. The van der Waals surface area contributed by atoms with Crippen molar-refractivity contribution in [2.75, 3.05) is 40.9 Å². The van der Waals surface area contributed by atoms with E-state index < -0.39 is 24.7 Å². The zero-order chi connectivity index (χ0) is 21.0.